The molecule has 0 heterocycles. The Hall–Kier alpha value is 0.394. The zero-order valence-electron chi connectivity index (χ0n) is 8.24. The van der Waals surface area contributed by atoms with Gasteiger partial charge in [0, 0.05) is 0 Å². The second kappa shape index (κ2) is 5.97. The van der Waals surface area contributed by atoms with Crippen LogP contribution in [-0.4, -0.2) is 18.1 Å². The topological polar surface area (TPSA) is 9.23 Å². The molecule has 0 aromatic heterocycles. The first-order chi connectivity index (χ1) is 5.24. The number of hydrogen-bond acceptors (Lipinski definition) is 1. The summed E-state index contributed by atoms with van der Waals surface area (Å²) in [5.41, 5.74) is 0. The quantitative estimate of drug-likeness (QED) is 0.582. The minimum absolute atomic E-state index is 0.748. The second-order valence-corrected chi connectivity index (χ2v) is 9.14. The highest BCUT2D eigenvalue weighted by Gasteiger charge is 2.27. The van der Waals surface area contributed by atoms with Crippen LogP contribution in [0, 0.1) is 0 Å². The maximum atomic E-state index is 5.99. The third kappa shape index (κ3) is 3.53. The summed E-state index contributed by atoms with van der Waals surface area (Å²) in [5, 5.41) is 0. The Morgan fingerprint density at radius 3 is 1.73 bits per heavy atom. The third-order valence-corrected chi connectivity index (χ3v) is 8.83. The lowest BCUT2D eigenvalue weighted by atomic mass is 10.9. The molecular formula is C8H20OSi2. The van der Waals surface area contributed by atoms with Crippen LogP contribution in [0.4, 0.5) is 0 Å². The van der Waals surface area contributed by atoms with Crippen molar-refractivity contribution in [2.45, 2.75) is 51.9 Å². The van der Waals surface area contributed by atoms with Crippen LogP contribution in [0.2, 0.25) is 24.2 Å². The van der Waals surface area contributed by atoms with E-state index >= 15 is 0 Å². The molecular weight excluding hydrogens is 168 g/mol. The Labute approximate surface area is 74.6 Å². The summed E-state index contributed by atoms with van der Waals surface area (Å²) in [5.74, 6) is 0. The van der Waals surface area contributed by atoms with Gasteiger partial charge in [-0.15, -0.1) is 0 Å². The normalized spacial score (nSPS) is 12.0. The van der Waals surface area contributed by atoms with Gasteiger partial charge in [-0.1, -0.05) is 27.7 Å². The monoisotopic (exact) mass is 188 g/mol. The van der Waals surface area contributed by atoms with Gasteiger partial charge in [0.05, 0.1) is 0 Å². The molecule has 0 aliphatic carbocycles. The summed E-state index contributed by atoms with van der Waals surface area (Å²) in [6.07, 6.45) is 0. The van der Waals surface area contributed by atoms with Crippen molar-refractivity contribution in [3.8, 4) is 0 Å². The molecule has 0 saturated heterocycles. The average Bonchev–Trinajstić information content (AvgIpc) is 2.08. The van der Waals surface area contributed by atoms with Crippen LogP contribution in [0.3, 0.4) is 0 Å². The van der Waals surface area contributed by atoms with E-state index in [1.165, 1.54) is 24.2 Å². The highest BCUT2D eigenvalue weighted by atomic mass is 28.4. The predicted octanol–water partition coefficient (Wildman–Crippen LogP) is 3.07. The van der Waals surface area contributed by atoms with Gasteiger partial charge in [0.25, 0.3) is 0 Å². The first kappa shape index (κ1) is 11.4. The Morgan fingerprint density at radius 2 is 1.45 bits per heavy atom. The van der Waals surface area contributed by atoms with Gasteiger partial charge in [-0.05, 0) is 24.2 Å². The van der Waals surface area contributed by atoms with Crippen LogP contribution in [-0.2, 0) is 4.12 Å². The van der Waals surface area contributed by atoms with E-state index < -0.39 is 8.32 Å². The summed E-state index contributed by atoms with van der Waals surface area (Å²) in [6, 6.07) is 5.04. The zero-order chi connectivity index (χ0) is 8.74. The molecule has 1 nitrogen and oxygen atoms in total. The van der Waals surface area contributed by atoms with Crippen molar-refractivity contribution >= 4 is 18.1 Å². The van der Waals surface area contributed by atoms with Gasteiger partial charge in [0.2, 0.25) is 9.76 Å². The van der Waals surface area contributed by atoms with Crippen molar-refractivity contribution in [1.29, 1.82) is 0 Å². The van der Waals surface area contributed by atoms with Crippen molar-refractivity contribution in [2.24, 2.45) is 0 Å². The highest BCUT2D eigenvalue weighted by Crippen LogP contribution is 2.20. The molecule has 0 bridgehead atoms. The SMILES string of the molecule is CC[Si]O[Si](CC)(CC)CC. The number of hydrogen-bond donors (Lipinski definition) is 0. The molecule has 0 aliphatic rings. The van der Waals surface area contributed by atoms with Crippen LogP contribution >= 0.6 is 0 Å². The van der Waals surface area contributed by atoms with Gasteiger partial charge in [-0.3, -0.25) is 0 Å². The first-order valence-corrected chi connectivity index (χ1v) is 8.30. The Bertz CT molecular complexity index is 83.8. The molecule has 0 rings (SSSR count). The minimum Gasteiger partial charge on any atom is -0.456 e. The largest absolute Gasteiger partial charge is 0.456 e. The molecule has 0 unspecified atom stereocenters. The van der Waals surface area contributed by atoms with Gasteiger partial charge in [0.1, 0.15) is 0 Å². The molecule has 0 fully saturated rings. The molecule has 2 radical (unpaired) electrons. The molecule has 0 aromatic rings. The van der Waals surface area contributed by atoms with Crippen molar-refractivity contribution < 1.29 is 4.12 Å². The van der Waals surface area contributed by atoms with E-state index in [2.05, 4.69) is 27.7 Å². The van der Waals surface area contributed by atoms with Crippen molar-refractivity contribution in [3.63, 3.8) is 0 Å². The molecule has 0 amide bonds. The van der Waals surface area contributed by atoms with Crippen molar-refractivity contribution in [3.05, 3.63) is 0 Å². The fourth-order valence-corrected chi connectivity index (χ4v) is 6.23. The van der Waals surface area contributed by atoms with Gasteiger partial charge in [0.15, 0.2) is 8.32 Å². The van der Waals surface area contributed by atoms with E-state index in [-0.39, 0.29) is 0 Å². The average molecular weight is 188 g/mol. The molecule has 0 N–H and O–H groups in total. The van der Waals surface area contributed by atoms with Crippen LogP contribution in [0.25, 0.3) is 0 Å². The Morgan fingerprint density at radius 1 is 1.00 bits per heavy atom. The molecule has 0 aliphatic heterocycles. The zero-order valence-corrected chi connectivity index (χ0v) is 10.2. The van der Waals surface area contributed by atoms with E-state index in [4.69, 9.17) is 4.12 Å². The molecule has 66 valence electrons. The lowest BCUT2D eigenvalue weighted by molar-refractivity contribution is 0.566. The summed E-state index contributed by atoms with van der Waals surface area (Å²) in [4.78, 5) is 0. The maximum Gasteiger partial charge on any atom is 0.214 e. The van der Waals surface area contributed by atoms with Gasteiger partial charge < -0.3 is 4.12 Å². The van der Waals surface area contributed by atoms with E-state index in [0.29, 0.717) is 0 Å². The van der Waals surface area contributed by atoms with Crippen LogP contribution < -0.4 is 0 Å². The lowest BCUT2D eigenvalue weighted by Crippen LogP contribution is -2.36. The fraction of sp³-hybridized carbons (Fsp3) is 1.00. The molecule has 0 spiro atoms. The van der Waals surface area contributed by atoms with Crippen LogP contribution in [0.15, 0.2) is 0 Å². The third-order valence-electron chi connectivity index (χ3n) is 2.37. The fourth-order valence-electron chi connectivity index (χ4n) is 1.19. The van der Waals surface area contributed by atoms with E-state index in [0.717, 1.165) is 9.76 Å². The summed E-state index contributed by atoms with van der Waals surface area (Å²) >= 11 is 0. The molecule has 0 aromatic carbocycles. The Kier molecular flexibility index (Phi) is 6.18. The second-order valence-electron chi connectivity index (χ2n) is 2.84. The molecule has 3 heteroatoms. The first-order valence-electron chi connectivity index (χ1n) is 4.65. The molecule has 11 heavy (non-hydrogen) atoms. The van der Waals surface area contributed by atoms with E-state index in [9.17, 15) is 0 Å². The summed E-state index contributed by atoms with van der Waals surface area (Å²) in [7, 11) is -0.478. The molecule has 0 saturated carbocycles. The summed E-state index contributed by atoms with van der Waals surface area (Å²) in [6.45, 7) is 9.02. The molecule has 0 atom stereocenters. The van der Waals surface area contributed by atoms with Gasteiger partial charge in [-0.2, -0.15) is 0 Å². The van der Waals surface area contributed by atoms with Gasteiger partial charge >= 0.3 is 0 Å². The smallest absolute Gasteiger partial charge is 0.214 e. The van der Waals surface area contributed by atoms with Gasteiger partial charge in [-0.25, -0.2) is 0 Å². The van der Waals surface area contributed by atoms with Crippen molar-refractivity contribution in [1.82, 2.24) is 0 Å². The number of rotatable bonds is 6. The van der Waals surface area contributed by atoms with Crippen LogP contribution in [0.5, 0.6) is 0 Å². The Balaban J connectivity index is 3.84. The summed E-state index contributed by atoms with van der Waals surface area (Å²) < 4.78 is 5.99. The van der Waals surface area contributed by atoms with Crippen molar-refractivity contribution in [2.75, 3.05) is 0 Å². The standard InChI is InChI=1S/C8H20OSi2/c1-5-10-9-11(6-2,7-3)8-4/h5-8H2,1-4H3. The maximum absolute atomic E-state index is 5.99. The lowest BCUT2D eigenvalue weighted by Gasteiger charge is -2.27. The van der Waals surface area contributed by atoms with E-state index in [1.807, 2.05) is 0 Å². The van der Waals surface area contributed by atoms with E-state index in [1.54, 1.807) is 0 Å². The minimum atomic E-state index is -1.23. The highest BCUT2D eigenvalue weighted by molar-refractivity contribution is 6.77. The van der Waals surface area contributed by atoms with Crippen LogP contribution in [0.1, 0.15) is 27.7 Å². The predicted molar refractivity (Wildman–Crippen MR) is 54.5 cm³/mol.